The maximum absolute atomic E-state index is 11.6. The highest BCUT2D eigenvalue weighted by Gasteiger charge is 2.53. The maximum atomic E-state index is 11.6. The van der Waals surface area contributed by atoms with E-state index in [1.807, 2.05) is 6.07 Å². The molecule has 5 nitrogen and oxygen atoms in total. The van der Waals surface area contributed by atoms with Gasteiger partial charge in [-0.3, -0.25) is 9.59 Å². The Hall–Kier alpha value is -2.17. The molecule has 3 aliphatic carbocycles. The Morgan fingerprint density at radius 2 is 1.96 bits per heavy atom. The molecule has 1 aromatic rings. The van der Waals surface area contributed by atoms with E-state index in [1.54, 1.807) is 14.0 Å². The van der Waals surface area contributed by atoms with E-state index in [0.717, 1.165) is 25.7 Å². The number of benzene rings is 1. The van der Waals surface area contributed by atoms with Crippen LogP contribution in [0.5, 0.6) is 5.75 Å². The summed E-state index contributed by atoms with van der Waals surface area (Å²) in [4.78, 5) is 22.9. The van der Waals surface area contributed by atoms with Gasteiger partial charge in [-0.2, -0.15) is 5.10 Å². The van der Waals surface area contributed by atoms with Crippen molar-refractivity contribution in [1.82, 2.24) is 5.01 Å². The number of carbonyl (C=O) groups excluding carboxylic acids is 2. The van der Waals surface area contributed by atoms with Crippen molar-refractivity contribution in [3.8, 4) is 5.75 Å². The summed E-state index contributed by atoms with van der Waals surface area (Å²) in [6.45, 7) is 5.38. The first-order chi connectivity index (χ1) is 13.3. The number of nitrogens with zero attached hydrogens (tertiary/aromatic N) is 2. The van der Waals surface area contributed by atoms with Gasteiger partial charge in [-0.25, -0.2) is 5.01 Å². The Bertz CT molecular complexity index is 846. The second-order valence-electron chi connectivity index (χ2n) is 8.95. The van der Waals surface area contributed by atoms with E-state index in [-0.39, 0.29) is 17.3 Å². The van der Waals surface area contributed by atoms with Crippen LogP contribution in [-0.4, -0.2) is 29.6 Å². The van der Waals surface area contributed by atoms with Crippen molar-refractivity contribution in [2.24, 2.45) is 22.4 Å². The standard InChI is InChI=1S/C23H30N2O3/c1-14(26)25(4)24-22-10-9-21-20-7-5-16-13-17(28-15(2)27)6-8-18(16)19(20)11-12-23(21,22)3/h6,8,13,19-21H,5,7,9-12H2,1-4H3/b24-22+. The molecule has 4 atom stereocenters. The van der Waals surface area contributed by atoms with Crippen LogP contribution >= 0.6 is 0 Å². The van der Waals surface area contributed by atoms with E-state index in [1.165, 1.54) is 41.6 Å². The van der Waals surface area contributed by atoms with E-state index in [9.17, 15) is 9.59 Å². The normalized spacial score (nSPS) is 32.3. The molecule has 0 bridgehead atoms. The molecule has 3 aliphatic rings. The monoisotopic (exact) mass is 382 g/mol. The van der Waals surface area contributed by atoms with E-state index in [4.69, 9.17) is 9.84 Å². The lowest BCUT2D eigenvalue weighted by Crippen LogP contribution is -2.43. The van der Waals surface area contributed by atoms with Gasteiger partial charge in [0.15, 0.2) is 0 Å². The van der Waals surface area contributed by atoms with Gasteiger partial charge in [0.1, 0.15) is 5.75 Å². The second-order valence-corrected chi connectivity index (χ2v) is 8.95. The molecule has 2 fully saturated rings. The third kappa shape index (κ3) is 3.15. The predicted octanol–water partition coefficient (Wildman–Crippen LogP) is 4.30. The fourth-order valence-electron chi connectivity index (χ4n) is 5.99. The smallest absolute Gasteiger partial charge is 0.308 e. The first-order valence-corrected chi connectivity index (χ1v) is 10.4. The second kappa shape index (κ2) is 7.02. The number of amides is 1. The van der Waals surface area contributed by atoms with Crippen LogP contribution in [0, 0.1) is 17.3 Å². The van der Waals surface area contributed by atoms with Crippen LogP contribution in [0.2, 0.25) is 0 Å². The SMILES string of the molecule is CC(=O)Oc1ccc2c(c1)CCC1C2CCC2(C)/C(=N/N(C)C(C)=O)CCC12. The highest BCUT2D eigenvalue weighted by Crippen LogP contribution is 2.60. The van der Waals surface area contributed by atoms with Crippen molar-refractivity contribution in [3.05, 3.63) is 29.3 Å². The lowest BCUT2D eigenvalue weighted by atomic mass is 9.55. The van der Waals surface area contributed by atoms with Crippen molar-refractivity contribution in [1.29, 1.82) is 0 Å². The fraction of sp³-hybridized carbons (Fsp3) is 0.609. The maximum Gasteiger partial charge on any atom is 0.308 e. The van der Waals surface area contributed by atoms with Gasteiger partial charge < -0.3 is 4.74 Å². The molecular formula is C23H30N2O3. The molecule has 150 valence electrons. The summed E-state index contributed by atoms with van der Waals surface area (Å²) in [5.41, 5.74) is 4.11. The van der Waals surface area contributed by atoms with Gasteiger partial charge in [-0.05, 0) is 79.5 Å². The molecule has 1 aromatic carbocycles. The van der Waals surface area contributed by atoms with Crippen LogP contribution in [0.4, 0.5) is 0 Å². The molecule has 0 spiro atoms. The average Bonchev–Trinajstić information content (AvgIpc) is 2.97. The molecule has 0 N–H and O–H groups in total. The number of rotatable bonds is 2. The van der Waals surface area contributed by atoms with E-state index in [2.05, 4.69) is 19.1 Å². The molecule has 0 aromatic heterocycles. The minimum atomic E-state index is -0.268. The molecule has 1 amide bonds. The summed E-state index contributed by atoms with van der Waals surface area (Å²) in [7, 11) is 1.76. The number of esters is 1. The highest BCUT2D eigenvalue weighted by molar-refractivity contribution is 5.93. The first kappa shape index (κ1) is 19.2. The van der Waals surface area contributed by atoms with Gasteiger partial charge in [-0.15, -0.1) is 0 Å². The zero-order chi connectivity index (χ0) is 20.1. The number of fused-ring (bicyclic) bond motifs is 5. The van der Waals surface area contributed by atoms with Crippen molar-refractivity contribution < 1.29 is 14.3 Å². The van der Waals surface area contributed by atoms with Crippen LogP contribution < -0.4 is 4.74 Å². The summed E-state index contributed by atoms with van der Waals surface area (Å²) >= 11 is 0. The summed E-state index contributed by atoms with van der Waals surface area (Å²) in [6.07, 6.45) is 6.66. The highest BCUT2D eigenvalue weighted by atomic mass is 16.5. The number of carbonyl (C=O) groups is 2. The quantitative estimate of drug-likeness (QED) is 0.435. The Morgan fingerprint density at radius 3 is 2.68 bits per heavy atom. The summed E-state index contributed by atoms with van der Waals surface area (Å²) in [6, 6.07) is 6.18. The minimum Gasteiger partial charge on any atom is -0.427 e. The van der Waals surface area contributed by atoms with Gasteiger partial charge in [0, 0.05) is 32.0 Å². The Morgan fingerprint density at radius 1 is 1.18 bits per heavy atom. The van der Waals surface area contributed by atoms with Crippen LogP contribution in [0.15, 0.2) is 23.3 Å². The van der Waals surface area contributed by atoms with E-state index in [0.29, 0.717) is 23.5 Å². The topological polar surface area (TPSA) is 59.0 Å². The molecule has 28 heavy (non-hydrogen) atoms. The van der Waals surface area contributed by atoms with Crippen molar-refractivity contribution in [2.75, 3.05) is 7.05 Å². The molecule has 0 heterocycles. The zero-order valence-electron chi connectivity index (χ0n) is 17.3. The molecule has 4 rings (SSSR count). The largest absolute Gasteiger partial charge is 0.427 e. The molecule has 5 heteroatoms. The van der Waals surface area contributed by atoms with Crippen molar-refractivity contribution >= 4 is 17.6 Å². The van der Waals surface area contributed by atoms with Crippen LogP contribution in [0.25, 0.3) is 0 Å². The summed E-state index contributed by atoms with van der Waals surface area (Å²) in [5.74, 6) is 2.26. The zero-order valence-corrected chi connectivity index (χ0v) is 17.3. The van der Waals surface area contributed by atoms with Crippen LogP contribution in [0.3, 0.4) is 0 Å². The van der Waals surface area contributed by atoms with Gasteiger partial charge in [0.05, 0.1) is 0 Å². The summed E-state index contributed by atoms with van der Waals surface area (Å²) in [5, 5.41) is 6.21. The fourth-order valence-corrected chi connectivity index (χ4v) is 5.99. The Labute approximate surface area is 167 Å². The lowest BCUT2D eigenvalue weighted by Gasteiger charge is -2.49. The molecule has 0 radical (unpaired) electrons. The van der Waals surface area contributed by atoms with Crippen molar-refractivity contribution in [2.45, 2.75) is 65.2 Å². The molecule has 2 saturated carbocycles. The van der Waals surface area contributed by atoms with Gasteiger partial charge in [0.2, 0.25) is 5.91 Å². The minimum absolute atomic E-state index is 0.0107. The number of aryl methyl sites for hydroxylation is 1. The molecule has 0 aliphatic heterocycles. The van der Waals surface area contributed by atoms with Gasteiger partial charge in [0.25, 0.3) is 0 Å². The van der Waals surface area contributed by atoms with E-state index >= 15 is 0 Å². The van der Waals surface area contributed by atoms with E-state index < -0.39 is 0 Å². The first-order valence-electron chi connectivity index (χ1n) is 10.4. The number of hydrogen-bond acceptors (Lipinski definition) is 4. The van der Waals surface area contributed by atoms with Crippen molar-refractivity contribution in [3.63, 3.8) is 0 Å². The van der Waals surface area contributed by atoms with Gasteiger partial charge in [-0.1, -0.05) is 13.0 Å². The molecule has 0 saturated heterocycles. The van der Waals surface area contributed by atoms with Gasteiger partial charge >= 0.3 is 5.97 Å². The summed E-state index contributed by atoms with van der Waals surface area (Å²) < 4.78 is 5.29. The Balaban J connectivity index is 1.60. The number of hydrogen-bond donors (Lipinski definition) is 0. The Kier molecular flexibility index (Phi) is 4.80. The predicted molar refractivity (Wildman–Crippen MR) is 108 cm³/mol. The molecular weight excluding hydrogens is 352 g/mol. The van der Waals surface area contributed by atoms with Crippen LogP contribution in [0.1, 0.15) is 69.9 Å². The number of ether oxygens (including phenoxy) is 1. The van der Waals surface area contributed by atoms with Crippen LogP contribution in [-0.2, 0) is 16.0 Å². The third-order valence-corrected chi connectivity index (χ3v) is 7.43. The molecule has 4 unspecified atom stereocenters. The lowest BCUT2D eigenvalue weighted by molar-refractivity contribution is -0.132. The number of hydrazone groups is 1. The third-order valence-electron chi connectivity index (χ3n) is 7.43. The average molecular weight is 383 g/mol.